The second-order valence-corrected chi connectivity index (χ2v) is 9.10. The molecule has 0 amide bonds. The van der Waals surface area contributed by atoms with Crippen LogP contribution in [0, 0.1) is 5.92 Å². The summed E-state index contributed by atoms with van der Waals surface area (Å²) in [5, 5.41) is 9.29. The second-order valence-electron chi connectivity index (χ2n) is 8.31. The second kappa shape index (κ2) is 15.1. The number of carbonyl (C=O) groups excluding carboxylic acids is 2. The summed E-state index contributed by atoms with van der Waals surface area (Å²) in [6, 6.07) is 15.7. The van der Waals surface area contributed by atoms with Crippen LogP contribution in [0.2, 0.25) is 0 Å². The Morgan fingerprint density at radius 2 is 1.81 bits per heavy atom. The van der Waals surface area contributed by atoms with Gasteiger partial charge in [-0.05, 0) is 53.8 Å². The minimum absolute atomic E-state index is 0.162. The van der Waals surface area contributed by atoms with Crippen LogP contribution in [-0.2, 0) is 30.4 Å². The third-order valence-electron chi connectivity index (χ3n) is 5.47. The molecular formula is C28H31BrN2O5. The Bertz CT molecular complexity index is 1100. The van der Waals surface area contributed by atoms with Crippen LogP contribution in [0.1, 0.15) is 37.3 Å². The van der Waals surface area contributed by atoms with Crippen LogP contribution >= 0.6 is 15.9 Å². The maximum Gasteiger partial charge on any atom is 0.308 e. The highest BCUT2D eigenvalue weighted by molar-refractivity contribution is 9.09. The largest absolute Gasteiger partial charge is 0.465 e. The number of ether oxygens (including phenoxy) is 3. The quantitative estimate of drug-likeness (QED) is 0.110. The monoisotopic (exact) mass is 554 g/mol. The molecule has 7 nitrogen and oxygen atoms in total. The lowest BCUT2D eigenvalue weighted by Crippen LogP contribution is -2.19. The van der Waals surface area contributed by atoms with Crippen LogP contribution in [0.25, 0.3) is 5.57 Å². The highest BCUT2D eigenvalue weighted by Gasteiger charge is 2.16. The normalized spacial score (nSPS) is 13.6. The number of hydrogen-bond acceptors (Lipinski definition) is 7. The van der Waals surface area contributed by atoms with Crippen LogP contribution < -0.4 is 0 Å². The lowest BCUT2D eigenvalue weighted by atomic mass is 10.1. The highest BCUT2D eigenvalue weighted by Crippen LogP contribution is 2.27. The molecule has 3 rings (SSSR count). The van der Waals surface area contributed by atoms with Crippen molar-refractivity contribution < 1.29 is 23.8 Å². The summed E-state index contributed by atoms with van der Waals surface area (Å²) >= 11 is 3.19. The molecule has 190 valence electrons. The van der Waals surface area contributed by atoms with Gasteiger partial charge in [0.25, 0.3) is 0 Å². The number of rotatable bonds is 14. The minimum atomic E-state index is -0.373. The Kier molecular flexibility index (Phi) is 11.5. The molecule has 0 saturated heterocycles. The van der Waals surface area contributed by atoms with Gasteiger partial charge >= 0.3 is 11.9 Å². The third-order valence-corrected chi connectivity index (χ3v) is 5.79. The molecule has 2 aromatic carbocycles. The molecule has 1 aliphatic rings. The van der Waals surface area contributed by atoms with E-state index in [0.29, 0.717) is 25.0 Å². The Morgan fingerprint density at radius 3 is 2.56 bits per heavy atom. The average Bonchev–Trinajstić information content (AvgIpc) is 3.45. The molecule has 2 aromatic rings. The number of allylic oxidation sites excluding steroid dienone is 4. The summed E-state index contributed by atoms with van der Waals surface area (Å²) in [7, 11) is 0. The minimum Gasteiger partial charge on any atom is -0.465 e. The van der Waals surface area contributed by atoms with E-state index in [1.54, 1.807) is 6.92 Å². The van der Waals surface area contributed by atoms with Gasteiger partial charge in [-0.15, -0.1) is 0 Å². The van der Waals surface area contributed by atoms with E-state index in [-0.39, 0.29) is 37.5 Å². The molecule has 0 fully saturated rings. The van der Waals surface area contributed by atoms with Crippen LogP contribution in [-0.4, -0.2) is 37.1 Å². The summed E-state index contributed by atoms with van der Waals surface area (Å²) in [5.41, 5.74) is 4.99. The van der Waals surface area contributed by atoms with Crippen molar-refractivity contribution in [2.45, 2.75) is 32.8 Å². The zero-order valence-electron chi connectivity index (χ0n) is 20.4. The molecule has 8 heteroatoms. The van der Waals surface area contributed by atoms with Crippen molar-refractivity contribution in [1.82, 2.24) is 0 Å². The van der Waals surface area contributed by atoms with E-state index in [9.17, 15) is 9.59 Å². The summed E-state index contributed by atoms with van der Waals surface area (Å²) in [6.45, 7) is 2.91. The SMILES string of the molecule is CC(CCC(=O)OCCBr)C(=O)OCCOCc1ccc(N=Nc2cccc(C3=CC=CC3)c2)cc1. The lowest BCUT2D eigenvalue weighted by molar-refractivity contribution is -0.150. The molecule has 0 aromatic heterocycles. The number of benzene rings is 2. The van der Waals surface area contributed by atoms with Gasteiger partial charge in [0.15, 0.2) is 0 Å². The highest BCUT2D eigenvalue weighted by atomic mass is 79.9. The predicted molar refractivity (Wildman–Crippen MR) is 143 cm³/mol. The molecule has 0 spiro atoms. The van der Waals surface area contributed by atoms with Crippen molar-refractivity contribution in [3.63, 3.8) is 0 Å². The van der Waals surface area contributed by atoms with E-state index >= 15 is 0 Å². The molecule has 1 unspecified atom stereocenters. The average molecular weight is 555 g/mol. The van der Waals surface area contributed by atoms with Gasteiger partial charge in [0, 0.05) is 11.8 Å². The topological polar surface area (TPSA) is 86.6 Å². The van der Waals surface area contributed by atoms with Crippen molar-refractivity contribution >= 4 is 44.8 Å². The van der Waals surface area contributed by atoms with Gasteiger partial charge in [0.2, 0.25) is 0 Å². The van der Waals surface area contributed by atoms with E-state index in [2.05, 4.69) is 50.5 Å². The van der Waals surface area contributed by atoms with Crippen molar-refractivity contribution in [2.24, 2.45) is 16.1 Å². The molecule has 0 bridgehead atoms. The fourth-order valence-electron chi connectivity index (χ4n) is 3.41. The number of hydrogen-bond donors (Lipinski definition) is 0. The molecule has 0 heterocycles. The van der Waals surface area contributed by atoms with Gasteiger partial charge in [0.1, 0.15) is 13.2 Å². The van der Waals surface area contributed by atoms with E-state index in [1.165, 1.54) is 5.57 Å². The van der Waals surface area contributed by atoms with E-state index in [4.69, 9.17) is 14.2 Å². The predicted octanol–water partition coefficient (Wildman–Crippen LogP) is 6.86. The van der Waals surface area contributed by atoms with Gasteiger partial charge in [-0.1, -0.05) is 65.3 Å². The number of azo groups is 1. The van der Waals surface area contributed by atoms with E-state index in [1.807, 2.05) is 42.5 Å². The maximum absolute atomic E-state index is 12.0. The first-order valence-electron chi connectivity index (χ1n) is 12.0. The van der Waals surface area contributed by atoms with Crippen LogP contribution in [0.5, 0.6) is 0 Å². The summed E-state index contributed by atoms with van der Waals surface area (Å²) < 4.78 is 15.8. The fraction of sp³-hybridized carbons (Fsp3) is 0.357. The van der Waals surface area contributed by atoms with Gasteiger partial charge in [-0.25, -0.2) is 0 Å². The lowest BCUT2D eigenvalue weighted by Gasteiger charge is -2.11. The summed E-state index contributed by atoms with van der Waals surface area (Å²) in [5.74, 6) is -1.03. The molecule has 1 atom stereocenters. The Labute approximate surface area is 220 Å². The first kappa shape index (κ1) is 27.5. The molecule has 0 aliphatic heterocycles. The van der Waals surface area contributed by atoms with Gasteiger partial charge in [0.05, 0.1) is 30.5 Å². The summed E-state index contributed by atoms with van der Waals surface area (Å²) in [6.07, 6.45) is 7.86. The zero-order chi connectivity index (χ0) is 25.6. The van der Waals surface area contributed by atoms with Crippen molar-refractivity contribution in [3.05, 3.63) is 77.9 Å². The molecule has 36 heavy (non-hydrogen) atoms. The number of alkyl halides is 1. The van der Waals surface area contributed by atoms with Crippen molar-refractivity contribution in [2.75, 3.05) is 25.2 Å². The van der Waals surface area contributed by atoms with Gasteiger partial charge < -0.3 is 14.2 Å². The smallest absolute Gasteiger partial charge is 0.308 e. The van der Waals surface area contributed by atoms with Crippen molar-refractivity contribution in [3.8, 4) is 0 Å². The molecule has 0 N–H and O–H groups in total. The number of nitrogens with zero attached hydrogens (tertiary/aromatic N) is 2. The third kappa shape index (κ3) is 9.51. The Morgan fingerprint density at radius 1 is 1.00 bits per heavy atom. The van der Waals surface area contributed by atoms with Gasteiger partial charge in [-0.3, -0.25) is 9.59 Å². The first-order valence-corrected chi connectivity index (χ1v) is 13.1. The van der Waals surface area contributed by atoms with Gasteiger partial charge in [-0.2, -0.15) is 10.2 Å². The van der Waals surface area contributed by atoms with Crippen LogP contribution in [0.3, 0.4) is 0 Å². The number of esters is 2. The number of carbonyl (C=O) groups is 2. The van der Waals surface area contributed by atoms with Crippen molar-refractivity contribution in [1.29, 1.82) is 0 Å². The maximum atomic E-state index is 12.0. The van der Waals surface area contributed by atoms with Crippen LogP contribution in [0.15, 0.2) is 77.0 Å². The number of halogens is 1. The molecule has 0 radical (unpaired) electrons. The Hall–Kier alpha value is -3.10. The standard InChI is InChI=1S/C28H31BrN2O5/c1-21(9-14-27(32)35-16-15-29)28(33)36-18-17-34-20-22-10-12-25(13-11-22)30-31-26-8-4-7-24(19-26)23-5-2-3-6-23/h2-5,7-8,10-13,19,21H,6,9,14-18,20H2,1H3. The molecule has 0 saturated carbocycles. The zero-order valence-corrected chi connectivity index (χ0v) is 22.0. The fourth-order valence-corrected chi connectivity index (χ4v) is 3.58. The van der Waals surface area contributed by atoms with E-state index in [0.717, 1.165) is 28.9 Å². The first-order chi connectivity index (χ1) is 17.5. The molecule has 1 aliphatic carbocycles. The summed E-state index contributed by atoms with van der Waals surface area (Å²) in [4.78, 5) is 23.5. The van der Waals surface area contributed by atoms with Crippen LogP contribution in [0.4, 0.5) is 11.4 Å². The Balaban J connectivity index is 1.33. The molecular weight excluding hydrogens is 524 g/mol. The van der Waals surface area contributed by atoms with E-state index < -0.39 is 0 Å².